The summed E-state index contributed by atoms with van der Waals surface area (Å²) in [6, 6.07) is 7.62. The van der Waals surface area contributed by atoms with E-state index in [9.17, 15) is 14.4 Å². The summed E-state index contributed by atoms with van der Waals surface area (Å²) in [6.45, 7) is 4.01. The van der Waals surface area contributed by atoms with Crippen LogP contribution in [0.3, 0.4) is 0 Å². The van der Waals surface area contributed by atoms with Crippen LogP contribution in [0.5, 0.6) is 23.0 Å². The Balaban J connectivity index is 1.87. The number of methoxy groups -OCH3 is 2. The number of hydrogen-bond donors (Lipinski definition) is 1. The first-order chi connectivity index (χ1) is 19.7. The lowest BCUT2D eigenvalue weighted by Gasteiger charge is -2.23. The predicted octanol–water partition coefficient (Wildman–Crippen LogP) is 3.05. The van der Waals surface area contributed by atoms with Gasteiger partial charge < -0.3 is 28.8 Å². The zero-order valence-electron chi connectivity index (χ0n) is 22.6. The van der Waals surface area contributed by atoms with Gasteiger partial charge in [-0.25, -0.2) is 14.6 Å². The van der Waals surface area contributed by atoms with Crippen LogP contribution < -0.4 is 33.8 Å². The maximum absolute atomic E-state index is 13.9. The molecule has 2 heterocycles. The minimum atomic E-state index is -1.13. The molecule has 0 radical (unpaired) electrons. The standard InChI is InChI=1S/C28H27BrN2O9S/c1-5-38-19-8-7-15(9-21(19)39-6-2)25-17(27(35)37-4)13-30-28-31(25)26(34)23(41-28)11-16-10-20(36-3)22(12-18(16)29)40-14-24(32)33/h7-13,25H,5-6,14H2,1-4H3,(H,32,33)/b23-11-/t25-/m1/s1. The summed E-state index contributed by atoms with van der Waals surface area (Å²) in [5.74, 6) is -0.208. The number of benzene rings is 2. The van der Waals surface area contributed by atoms with Crippen LogP contribution in [0, 0.1) is 0 Å². The van der Waals surface area contributed by atoms with E-state index in [0.717, 1.165) is 11.3 Å². The maximum Gasteiger partial charge on any atom is 0.341 e. The van der Waals surface area contributed by atoms with Crippen LogP contribution in [0.2, 0.25) is 0 Å². The lowest BCUT2D eigenvalue weighted by atomic mass is 9.97. The number of carbonyl (C=O) groups is 2. The van der Waals surface area contributed by atoms with E-state index in [1.165, 1.54) is 25.0 Å². The molecular formula is C28H27BrN2O9S. The topological polar surface area (TPSA) is 135 Å². The molecule has 11 nitrogen and oxygen atoms in total. The number of aromatic nitrogens is 1. The van der Waals surface area contributed by atoms with Crippen molar-refractivity contribution in [1.82, 2.24) is 4.57 Å². The predicted molar refractivity (Wildman–Crippen MR) is 154 cm³/mol. The van der Waals surface area contributed by atoms with E-state index < -0.39 is 24.6 Å². The number of halogens is 1. The number of esters is 1. The van der Waals surface area contributed by atoms with Crippen LogP contribution in [0.25, 0.3) is 6.08 Å². The number of rotatable bonds is 11. The molecule has 0 fully saturated rings. The molecule has 0 saturated heterocycles. The SMILES string of the molecule is CCOc1ccc([C@@H]2C(C(=O)OC)=CN=c3s/c(=C\c4cc(OC)c(OCC(=O)O)cc4Br)c(=O)n32)cc1OCC. The third-order valence-corrected chi connectivity index (χ3v) is 7.61. The highest BCUT2D eigenvalue weighted by atomic mass is 79.9. The highest BCUT2D eigenvalue weighted by molar-refractivity contribution is 9.10. The zero-order valence-corrected chi connectivity index (χ0v) is 25.0. The minimum Gasteiger partial charge on any atom is -0.493 e. The van der Waals surface area contributed by atoms with Gasteiger partial charge in [0, 0.05) is 10.7 Å². The Morgan fingerprint density at radius 3 is 2.41 bits per heavy atom. The second kappa shape index (κ2) is 13.0. The van der Waals surface area contributed by atoms with Crippen molar-refractivity contribution in [2.24, 2.45) is 4.99 Å². The Morgan fingerprint density at radius 1 is 1.05 bits per heavy atom. The first kappa shape index (κ1) is 29.9. The van der Waals surface area contributed by atoms with Crippen molar-refractivity contribution in [2.75, 3.05) is 34.0 Å². The van der Waals surface area contributed by atoms with Gasteiger partial charge in [0.15, 0.2) is 34.4 Å². The fourth-order valence-electron chi connectivity index (χ4n) is 4.20. The minimum absolute atomic E-state index is 0.181. The van der Waals surface area contributed by atoms with E-state index >= 15 is 0 Å². The smallest absolute Gasteiger partial charge is 0.341 e. The number of fused-ring (bicyclic) bond motifs is 1. The number of ether oxygens (including phenoxy) is 5. The van der Waals surface area contributed by atoms with E-state index in [-0.39, 0.29) is 22.6 Å². The van der Waals surface area contributed by atoms with Gasteiger partial charge in [-0.2, -0.15) is 0 Å². The van der Waals surface area contributed by atoms with Gasteiger partial charge in [-0.15, -0.1) is 0 Å². The normalized spacial score (nSPS) is 14.4. The molecule has 1 aliphatic heterocycles. The maximum atomic E-state index is 13.9. The quantitative estimate of drug-likeness (QED) is 0.312. The second-order valence-electron chi connectivity index (χ2n) is 8.46. The first-order valence-electron chi connectivity index (χ1n) is 12.4. The van der Waals surface area contributed by atoms with Gasteiger partial charge in [0.1, 0.15) is 0 Å². The molecule has 216 valence electrons. The summed E-state index contributed by atoms with van der Waals surface area (Å²) in [5, 5.41) is 8.95. The van der Waals surface area contributed by atoms with Crippen LogP contribution in [-0.2, 0) is 14.3 Å². The Kier molecular flexibility index (Phi) is 9.50. The highest BCUT2D eigenvalue weighted by Crippen LogP contribution is 2.36. The molecule has 13 heteroatoms. The van der Waals surface area contributed by atoms with Crippen molar-refractivity contribution in [2.45, 2.75) is 19.9 Å². The molecule has 0 aliphatic carbocycles. The largest absolute Gasteiger partial charge is 0.493 e. The highest BCUT2D eigenvalue weighted by Gasteiger charge is 2.31. The fourth-order valence-corrected chi connectivity index (χ4v) is 5.60. The summed E-state index contributed by atoms with van der Waals surface area (Å²) < 4.78 is 29.5. The molecule has 3 aromatic rings. The van der Waals surface area contributed by atoms with E-state index in [1.54, 1.807) is 36.4 Å². The van der Waals surface area contributed by atoms with Crippen molar-refractivity contribution in [3.63, 3.8) is 0 Å². The number of nitrogens with zero attached hydrogens (tertiary/aromatic N) is 2. The monoisotopic (exact) mass is 646 g/mol. The Labute approximate surface area is 247 Å². The number of carbonyl (C=O) groups excluding carboxylic acids is 1. The lowest BCUT2D eigenvalue weighted by molar-refractivity contribution is -0.139. The van der Waals surface area contributed by atoms with Crippen molar-refractivity contribution < 1.29 is 38.4 Å². The van der Waals surface area contributed by atoms with Crippen molar-refractivity contribution in [1.29, 1.82) is 0 Å². The van der Waals surface area contributed by atoms with E-state index in [0.29, 0.717) is 49.6 Å². The van der Waals surface area contributed by atoms with Gasteiger partial charge in [-0.3, -0.25) is 9.36 Å². The number of thiazole rings is 1. The molecule has 0 saturated carbocycles. The number of hydrogen-bond acceptors (Lipinski definition) is 10. The van der Waals surface area contributed by atoms with Gasteiger partial charge in [-0.05, 0) is 55.3 Å². The number of carboxylic acid groups (broad SMARTS) is 1. The average Bonchev–Trinajstić information content (AvgIpc) is 3.28. The third-order valence-electron chi connectivity index (χ3n) is 5.93. The van der Waals surface area contributed by atoms with Crippen LogP contribution in [0.1, 0.15) is 31.0 Å². The molecule has 4 rings (SSSR count). The van der Waals surface area contributed by atoms with Gasteiger partial charge in [-0.1, -0.05) is 33.3 Å². The average molecular weight is 648 g/mol. The zero-order chi connectivity index (χ0) is 29.7. The van der Waals surface area contributed by atoms with E-state index in [4.69, 9.17) is 28.8 Å². The first-order valence-corrected chi connectivity index (χ1v) is 14.0. The molecule has 0 unspecified atom stereocenters. The van der Waals surface area contributed by atoms with Crippen molar-refractivity contribution in [3.8, 4) is 23.0 Å². The van der Waals surface area contributed by atoms with Crippen LogP contribution in [0.15, 0.2) is 56.4 Å². The Morgan fingerprint density at radius 2 is 1.76 bits per heavy atom. The van der Waals surface area contributed by atoms with Gasteiger partial charge in [0.25, 0.3) is 5.56 Å². The second-order valence-corrected chi connectivity index (χ2v) is 10.3. The molecular weight excluding hydrogens is 620 g/mol. The molecule has 1 N–H and O–H groups in total. The summed E-state index contributed by atoms with van der Waals surface area (Å²) >= 11 is 4.61. The van der Waals surface area contributed by atoms with Gasteiger partial charge in [0.2, 0.25) is 0 Å². The van der Waals surface area contributed by atoms with E-state index in [1.807, 2.05) is 13.8 Å². The van der Waals surface area contributed by atoms with Crippen molar-refractivity contribution in [3.05, 3.63) is 77.4 Å². The van der Waals surface area contributed by atoms with Crippen LogP contribution >= 0.6 is 27.3 Å². The molecule has 0 spiro atoms. The summed E-state index contributed by atoms with van der Waals surface area (Å²) in [5.41, 5.74) is 0.996. The molecule has 1 aliphatic rings. The molecule has 0 bridgehead atoms. The molecule has 2 aromatic carbocycles. The third kappa shape index (κ3) is 6.30. The molecule has 1 atom stereocenters. The summed E-state index contributed by atoms with van der Waals surface area (Å²) in [6.07, 6.45) is 3.07. The van der Waals surface area contributed by atoms with E-state index in [2.05, 4.69) is 20.9 Å². The molecule has 41 heavy (non-hydrogen) atoms. The summed E-state index contributed by atoms with van der Waals surface area (Å²) in [7, 11) is 2.69. The van der Waals surface area contributed by atoms with Crippen LogP contribution in [-0.4, -0.2) is 55.7 Å². The van der Waals surface area contributed by atoms with Gasteiger partial charge >= 0.3 is 11.9 Å². The van der Waals surface area contributed by atoms with Gasteiger partial charge in [0.05, 0.1) is 43.6 Å². The Hall–Kier alpha value is -4.10. The van der Waals surface area contributed by atoms with Crippen molar-refractivity contribution >= 4 is 45.3 Å². The number of aliphatic carboxylic acids is 1. The summed E-state index contributed by atoms with van der Waals surface area (Å²) in [4.78, 5) is 42.4. The number of carboxylic acids is 1. The lowest BCUT2D eigenvalue weighted by Crippen LogP contribution is -2.39. The fraction of sp³-hybridized carbons (Fsp3) is 0.286. The molecule has 1 aromatic heterocycles. The Bertz CT molecular complexity index is 1690. The molecule has 0 amide bonds. The van der Waals surface area contributed by atoms with Crippen LogP contribution in [0.4, 0.5) is 0 Å².